The van der Waals surface area contributed by atoms with E-state index in [4.69, 9.17) is 0 Å². The van der Waals surface area contributed by atoms with Crippen molar-refractivity contribution in [2.45, 2.75) is 6.42 Å². The van der Waals surface area contributed by atoms with Gasteiger partial charge in [0.1, 0.15) is 12.0 Å². The Bertz CT molecular complexity index is 366. The number of benzene rings is 1. The van der Waals surface area contributed by atoms with E-state index in [9.17, 15) is 4.39 Å². The summed E-state index contributed by atoms with van der Waals surface area (Å²) in [5.41, 5.74) is 1.07. The fourth-order valence-corrected chi connectivity index (χ4v) is 1.67. The largest absolute Gasteiger partial charge is 0.239 e. The molecule has 1 aromatic carbocycles. The van der Waals surface area contributed by atoms with Gasteiger partial charge in [0, 0.05) is 11.8 Å². The van der Waals surface area contributed by atoms with Crippen LogP contribution in [0, 0.1) is 12.0 Å². The van der Waals surface area contributed by atoms with Crippen LogP contribution in [0.5, 0.6) is 0 Å². The molecule has 3 heteroatoms. The smallest absolute Gasteiger partial charge is 0.123 e. The van der Waals surface area contributed by atoms with Crippen molar-refractivity contribution in [3.05, 3.63) is 52.2 Å². The zero-order chi connectivity index (χ0) is 9.10. The number of nitrogens with zero attached hydrogens (tertiary/aromatic N) is 1. The highest BCUT2D eigenvalue weighted by molar-refractivity contribution is 7.09. The Morgan fingerprint density at radius 1 is 1.31 bits per heavy atom. The van der Waals surface area contributed by atoms with Crippen molar-refractivity contribution in [3.8, 4) is 0 Å². The summed E-state index contributed by atoms with van der Waals surface area (Å²) >= 11 is 1.56. The fraction of sp³-hybridized carbons (Fsp3) is 0.100. The first-order chi connectivity index (χ1) is 6.34. The molecule has 2 aromatic rings. The molecule has 0 aliphatic rings. The summed E-state index contributed by atoms with van der Waals surface area (Å²) < 4.78 is 12.5. The quantitative estimate of drug-likeness (QED) is 0.712. The summed E-state index contributed by atoms with van der Waals surface area (Å²) in [6.07, 6.45) is 3.51. The van der Waals surface area contributed by atoms with Crippen LogP contribution in [0.25, 0.3) is 0 Å². The number of rotatable bonds is 2. The van der Waals surface area contributed by atoms with E-state index in [1.54, 1.807) is 23.5 Å². The third kappa shape index (κ3) is 2.12. The van der Waals surface area contributed by atoms with Crippen molar-refractivity contribution in [2.24, 2.45) is 0 Å². The molecule has 0 aliphatic carbocycles. The summed E-state index contributed by atoms with van der Waals surface area (Å²) in [4.78, 5) is 4.03. The second kappa shape index (κ2) is 3.66. The molecule has 0 atom stereocenters. The van der Waals surface area contributed by atoms with Gasteiger partial charge in [-0.2, -0.15) is 0 Å². The van der Waals surface area contributed by atoms with Gasteiger partial charge >= 0.3 is 0 Å². The van der Waals surface area contributed by atoms with Crippen LogP contribution in [0.3, 0.4) is 0 Å². The molecule has 0 fully saturated rings. The van der Waals surface area contributed by atoms with E-state index < -0.39 is 0 Å². The topological polar surface area (TPSA) is 12.9 Å². The lowest BCUT2D eigenvalue weighted by molar-refractivity contribution is 0.627. The number of halogens is 1. The molecule has 0 N–H and O–H groups in total. The average Bonchev–Trinajstić information content (AvgIpc) is 2.62. The first-order valence-corrected chi connectivity index (χ1v) is 4.77. The van der Waals surface area contributed by atoms with Crippen LogP contribution < -0.4 is 0 Å². The van der Waals surface area contributed by atoms with E-state index in [0.717, 1.165) is 17.0 Å². The Hall–Kier alpha value is -1.22. The summed E-state index contributed by atoms with van der Waals surface area (Å²) in [5.74, 6) is -0.200. The molecular weight excluding hydrogens is 185 g/mol. The van der Waals surface area contributed by atoms with Crippen molar-refractivity contribution in [1.29, 1.82) is 0 Å². The van der Waals surface area contributed by atoms with Crippen LogP contribution in [0.1, 0.15) is 10.6 Å². The second-order valence-electron chi connectivity index (χ2n) is 2.67. The molecule has 1 radical (unpaired) electrons. The Labute approximate surface area is 79.9 Å². The number of aromatic nitrogens is 1. The SMILES string of the molecule is Fc1ccc(Cc2n[c]cs2)cc1. The number of thiazole rings is 1. The van der Waals surface area contributed by atoms with Crippen molar-refractivity contribution >= 4 is 11.3 Å². The second-order valence-corrected chi connectivity index (χ2v) is 3.62. The molecule has 13 heavy (non-hydrogen) atoms. The maximum atomic E-state index is 12.5. The van der Waals surface area contributed by atoms with Gasteiger partial charge in [-0.15, -0.1) is 11.3 Å². The number of hydrogen-bond donors (Lipinski definition) is 0. The lowest BCUT2D eigenvalue weighted by Crippen LogP contribution is -1.86. The standard InChI is InChI=1S/C10H7FNS/c11-9-3-1-8(2-4-9)7-10-12-5-6-13-10/h1-4,6H,7H2. The maximum absolute atomic E-state index is 12.5. The fourth-order valence-electron chi connectivity index (χ4n) is 1.08. The van der Waals surface area contributed by atoms with Crippen molar-refractivity contribution < 1.29 is 4.39 Å². The van der Waals surface area contributed by atoms with Crippen LogP contribution in [0.4, 0.5) is 4.39 Å². The Balaban J connectivity index is 2.15. The summed E-state index contributed by atoms with van der Waals surface area (Å²) in [6, 6.07) is 6.48. The highest BCUT2D eigenvalue weighted by atomic mass is 32.1. The predicted octanol–water partition coefficient (Wildman–Crippen LogP) is 2.67. The molecule has 0 bridgehead atoms. The molecular formula is C10H7FNS. The number of hydrogen-bond acceptors (Lipinski definition) is 2. The zero-order valence-corrected chi connectivity index (χ0v) is 7.64. The molecule has 2 rings (SSSR count). The van der Waals surface area contributed by atoms with Crippen LogP contribution in [-0.2, 0) is 6.42 Å². The van der Waals surface area contributed by atoms with E-state index in [-0.39, 0.29) is 5.82 Å². The third-order valence-corrected chi connectivity index (χ3v) is 2.44. The first-order valence-electron chi connectivity index (χ1n) is 3.89. The van der Waals surface area contributed by atoms with Gasteiger partial charge in [0.25, 0.3) is 0 Å². The van der Waals surface area contributed by atoms with Gasteiger partial charge in [-0.3, -0.25) is 0 Å². The van der Waals surface area contributed by atoms with E-state index in [1.165, 1.54) is 12.1 Å². The van der Waals surface area contributed by atoms with Crippen LogP contribution in [0.2, 0.25) is 0 Å². The lowest BCUT2D eigenvalue weighted by atomic mass is 10.2. The summed E-state index contributed by atoms with van der Waals surface area (Å²) in [7, 11) is 0. The molecule has 0 spiro atoms. The van der Waals surface area contributed by atoms with Crippen molar-refractivity contribution in [2.75, 3.05) is 0 Å². The van der Waals surface area contributed by atoms with Gasteiger partial charge in [-0.1, -0.05) is 12.1 Å². The normalized spacial score (nSPS) is 10.2. The molecule has 0 amide bonds. The minimum Gasteiger partial charge on any atom is -0.239 e. The van der Waals surface area contributed by atoms with Gasteiger partial charge in [-0.25, -0.2) is 9.37 Å². The highest BCUT2D eigenvalue weighted by Crippen LogP contribution is 2.11. The summed E-state index contributed by atoms with van der Waals surface area (Å²) in [5, 5.41) is 2.82. The Kier molecular flexibility index (Phi) is 2.36. The average molecular weight is 192 g/mol. The van der Waals surface area contributed by atoms with Gasteiger partial charge in [0.2, 0.25) is 0 Å². The molecule has 1 heterocycles. The minimum atomic E-state index is -0.200. The van der Waals surface area contributed by atoms with Crippen LogP contribution >= 0.6 is 11.3 Å². The van der Waals surface area contributed by atoms with E-state index in [0.29, 0.717) is 0 Å². The summed E-state index contributed by atoms with van der Waals surface area (Å²) in [6.45, 7) is 0. The molecule has 1 aromatic heterocycles. The highest BCUT2D eigenvalue weighted by Gasteiger charge is 1.98. The zero-order valence-electron chi connectivity index (χ0n) is 6.83. The molecule has 1 nitrogen and oxygen atoms in total. The van der Waals surface area contributed by atoms with Crippen molar-refractivity contribution in [3.63, 3.8) is 0 Å². The van der Waals surface area contributed by atoms with E-state index in [1.807, 2.05) is 5.38 Å². The Morgan fingerprint density at radius 3 is 2.69 bits per heavy atom. The van der Waals surface area contributed by atoms with Crippen molar-refractivity contribution in [1.82, 2.24) is 4.98 Å². The van der Waals surface area contributed by atoms with E-state index in [2.05, 4.69) is 11.2 Å². The molecule has 0 aliphatic heterocycles. The van der Waals surface area contributed by atoms with Crippen LogP contribution in [-0.4, -0.2) is 4.98 Å². The molecule has 65 valence electrons. The Morgan fingerprint density at radius 2 is 2.08 bits per heavy atom. The monoisotopic (exact) mass is 192 g/mol. The first kappa shape index (κ1) is 8.38. The molecule has 0 unspecified atom stereocenters. The van der Waals surface area contributed by atoms with Gasteiger partial charge in [-0.05, 0) is 17.7 Å². The maximum Gasteiger partial charge on any atom is 0.123 e. The van der Waals surface area contributed by atoms with Gasteiger partial charge in [0.15, 0.2) is 0 Å². The lowest BCUT2D eigenvalue weighted by Gasteiger charge is -1.96. The van der Waals surface area contributed by atoms with Crippen LogP contribution in [0.15, 0.2) is 29.6 Å². The molecule has 0 saturated carbocycles. The van der Waals surface area contributed by atoms with Gasteiger partial charge in [0.05, 0.1) is 5.01 Å². The predicted molar refractivity (Wildman–Crippen MR) is 50.2 cm³/mol. The third-order valence-electron chi connectivity index (χ3n) is 1.71. The van der Waals surface area contributed by atoms with E-state index >= 15 is 0 Å². The minimum absolute atomic E-state index is 0.200. The molecule has 0 saturated heterocycles. The van der Waals surface area contributed by atoms with Gasteiger partial charge < -0.3 is 0 Å².